The summed E-state index contributed by atoms with van der Waals surface area (Å²) >= 11 is 0. The van der Waals surface area contributed by atoms with Crippen molar-refractivity contribution in [3.8, 4) is 89.7 Å². The first-order chi connectivity index (χ1) is 33.1. The Hall–Kier alpha value is -7.13. The van der Waals surface area contributed by atoms with Crippen LogP contribution in [0.4, 0.5) is 0 Å². The number of imidazole rings is 1. The average Bonchev–Trinajstić information content (AvgIpc) is 3.74. The first-order valence-corrected chi connectivity index (χ1v) is 22.4. The van der Waals surface area contributed by atoms with Gasteiger partial charge in [0.05, 0.1) is 22.3 Å². The van der Waals surface area contributed by atoms with Crippen molar-refractivity contribution in [1.29, 1.82) is 0 Å². The number of phenols is 1. The molecule has 0 aliphatic rings. The number of hydrogen-bond acceptors (Lipinski definition) is 3. The minimum atomic E-state index is -2.44. The maximum Gasteiger partial charge on any atom is 0.148 e. The van der Waals surface area contributed by atoms with Gasteiger partial charge in [-0.15, -0.1) is 23.8 Å². The molecule has 0 atom stereocenters. The van der Waals surface area contributed by atoms with Gasteiger partial charge in [0.2, 0.25) is 0 Å². The zero-order valence-electron chi connectivity index (χ0n) is 41.4. The molecule has 0 aliphatic heterocycles. The van der Waals surface area contributed by atoms with Gasteiger partial charge in [-0.1, -0.05) is 176 Å². The number of nitrogens with zero attached hydrogens (tertiary/aromatic N) is 3. The van der Waals surface area contributed by atoms with Crippen LogP contribution < -0.4 is 0 Å². The Bertz CT molecular complexity index is 3540. The average molecular weight is 1050 g/mol. The van der Waals surface area contributed by atoms with Gasteiger partial charge < -0.3 is 5.11 Å². The normalized spacial score (nSPS) is 12.3. The van der Waals surface area contributed by atoms with E-state index in [4.69, 9.17) is 14.1 Å². The number of para-hydroxylation sites is 1. The third-order valence-corrected chi connectivity index (χ3v) is 12.6. The van der Waals surface area contributed by atoms with E-state index in [1.165, 1.54) is 5.56 Å². The summed E-state index contributed by atoms with van der Waals surface area (Å²) < 4.78 is 28.8. The fourth-order valence-electron chi connectivity index (χ4n) is 9.04. The summed E-state index contributed by atoms with van der Waals surface area (Å²) in [7, 11) is 0. The smallest absolute Gasteiger partial charge is 0.148 e. The number of benzene rings is 8. The van der Waals surface area contributed by atoms with Gasteiger partial charge in [0, 0.05) is 42.6 Å². The van der Waals surface area contributed by atoms with E-state index in [0.29, 0.717) is 22.5 Å². The van der Waals surface area contributed by atoms with Crippen LogP contribution in [0.3, 0.4) is 0 Å². The molecule has 10 rings (SSSR count). The van der Waals surface area contributed by atoms with Crippen LogP contribution in [0.1, 0.15) is 52.7 Å². The van der Waals surface area contributed by atoms with Crippen molar-refractivity contribution in [2.45, 2.75) is 53.8 Å². The van der Waals surface area contributed by atoms with Gasteiger partial charge in [-0.2, -0.15) is 0 Å². The van der Waals surface area contributed by atoms with Gasteiger partial charge in [0.15, 0.2) is 0 Å². The zero-order chi connectivity index (χ0) is 48.2. The molecule has 0 saturated carbocycles. The molecule has 0 bridgehead atoms. The Balaban J connectivity index is 0.00000608. The number of aryl methyl sites for hydroxylation is 4. The topological polar surface area (TPSA) is 50.9 Å². The SMILES string of the molecule is [2H]C([2H])([2H])c1cc(-c2ccc(C(C)(C)C)cc2)c(-n2c(-c3cc(C)cc(C)c3O)nc3c(-c4[c-]c(-c5cc(-c6ccc(C)cc6)ccn5)cc(-c5ccccc5)c4)cccc32)cc1-c1ccccc1.[Pt]. The summed E-state index contributed by atoms with van der Waals surface area (Å²) in [5.41, 5.74) is 17.4. The molecular formula is C62H52N3OPt-. The van der Waals surface area contributed by atoms with E-state index in [1.807, 2.05) is 105 Å². The summed E-state index contributed by atoms with van der Waals surface area (Å²) in [5, 5.41) is 12.0. The third kappa shape index (κ3) is 8.83. The number of fused-ring (bicyclic) bond motifs is 1. The molecule has 2 aromatic heterocycles. The van der Waals surface area contributed by atoms with E-state index in [2.05, 4.69) is 129 Å². The van der Waals surface area contributed by atoms with Gasteiger partial charge in [0.1, 0.15) is 11.6 Å². The number of aromatic nitrogens is 3. The fraction of sp³-hybridized carbons (Fsp3) is 0.129. The summed E-state index contributed by atoms with van der Waals surface area (Å²) in [5.74, 6) is 0.637. The number of aromatic hydroxyl groups is 1. The van der Waals surface area contributed by atoms with Crippen LogP contribution in [-0.4, -0.2) is 19.6 Å². The number of hydrogen-bond donors (Lipinski definition) is 1. The maximum absolute atomic E-state index is 12.0. The second-order valence-electron chi connectivity index (χ2n) is 18.4. The second-order valence-corrected chi connectivity index (χ2v) is 18.4. The fourth-order valence-corrected chi connectivity index (χ4v) is 9.04. The van der Waals surface area contributed by atoms with Crippen molar-refractivity contribution in [2.24, 2.45) is 0 Å². The standard InChI is InChI=1S/C62H52N3O.Pt/c1-39-21-23-44(24-22-39)47-29-30-63-56(37-47)50-35-48(43-15-10-8-11-16-43)34-49(36-50)52-19-14-20-57-59(52)64-61(55-32-40(2)31-42(4)60(55)66)65(57)58-38-53(45-17-12-9-13-18-45)41(3)33-54(58)46-25-27-51(28-26-46)62(5,6)7;/h8-35,37-38,66H,1-7H3;/q-1;/i3D3;. The molecule has 0 aliphatic carbocycles. The van der Waals surface area contributed by atoms with E-state index in [0.717, 1.165) is 89.2 Å². The summed E-state index contributed by atoms with van der Waals surface area (Å²) in [4.78, 5) is 10.5. The molecule has 0 radical (unpaired) electrons. The molecule has 0 amide bonds. The van der Waals surface area contributed by atoms with Crippen LogP contribution in [-0.2, 0) is 26.5 Å². The molecule has 0 saturated heterocycles. The molecular weight excluding hydrogens is 998 g/mol. The number of pyridine rings is 1. The van der Waals surface area contributed by atoms with E-state index in [-0.39, 0.29) is 37.8 Å². The van der Waals surface area contributed by atoms with Crippen LogP contribution in [0.2, 0.25) is 0 Å². The third-order valence-electron chi connectivity index (χ3n) is 12.6. The van der Waals surface area contributed by atoms with Gasteiger partial charge in [0.25, 0.3) is 0 Å². The number of rotatable bonds is 8. The van der Waals surface area contributed by atoms with Crippen molar-refractivity contribution in [3.05, 3.63) is 216 Å². The van der Waals surface area contributed by atoms with Gasteiger partial charge in [-0.25, -0.2) is 4.98 Å². The van der Waals surface area contributed by atoms with E-state index < -0.39 is 6.85 Å². The first kappa shape index (κ1) is 41.3. The van der Waals surface area contributed by atoms with E-state index in [9.17, 15) is 5.11 Å². The van der Waals surface area contributed by atoms with Crippen molar-refractivity contribution in [3.63, 3.8) is 0 Å². The van der Waals surface area contributed by atoms with Gasteiger partial charge >= 0.3 is 0 Å². The Labute approximate surface area is 413 Å². The van der Waals surface area contributed by atoms with Crippen molar-refractivity contribution >= 4 is 11.0 Å². The predicted molar refractivity (Wildman–Crippen MR) is 275 cm³/mol. The van der Waals surface area contributed by atoms with Crippen LogP contribution in [0.15, 0.2) is 182 Å². The number of phenolic OH excluding ortho intramolecular Hbond substituents is 1. The molecule has 0 unspecified atom stereocenters. The molecule has 5 heteroatoms. The molecule has 1 N–H and O–H groups in total. The van der Waals surface area contributed by atoms with Gasteiger partial charge in [-0.3, -0.25) is 9.55 Å². The molecule has 0 fully saturated rings. The Morgan fingerprint density at radius 2 is 1.19 bits per heavy atom. The molecule has 0 spiro atoms. The largest absolute Gasteiger partial charge is 0.507 e. The zero-order valence-corrected chi connectivity index (χ0v) is 40.7. The van der Waals surface area contributed by atoms with E-state index >= 15 is 0 Å². The molecule has 2 heterocycles. The maximum atomic E-state index is 12.0. The van der Waals surface area contributed by atoms with Crippen molar-refractivity contribution < 1.29 is 30.3 Å². The Morgan fingerprint density at radius 3 is 1.90 bits per heavy atom. The van der Waals surface area contributed by atoms with Gasteiger partial charge in [-0.05, 0) is 119 Å². The molecule has 67 heavy (non-hydrogen) atoms. The van der Waals surface area contributed by atoms with Crippen molar-refractivity contribution in [1.82, 2.24) is 14.5 Å². The summed E-state index contributed by atoms with van der Waals surface area (Å²) in [6, 6.07) is 63.1. The summed E-state index contributed by atoms with van der Waals surface area (Å²) in [6.45, 7) is 10.1. The molecule has 10 aromatic rings. The minimum absolute atomic E-state index is 0. The molecule has 4 nitrogen and oxygen atoms in total. The second kappa shape index (κ2) is 18.3. The predicted octanol–water partition coefficient (Wildman–Crippen LogP) is 16.1. The van der Waals surface area contributed by atoms with Crippen LogP contribution in [0.5, 0.6) is 5.75 Å². The Morgan fingerprint density at radius 1 is 0.537 bits per heavy atom. The molecule has 8 aromatic carbocycles. The monoisotopic (exact) mass is 1050 g/mol. The van der Waals surface area contributed by atoms with E-state index in [1.54, 1.807) is 0 Å². The first-order valence-electron chi connectivity index (χ1n) is 23.9. The van der Waals surface area contributed by atoms with Crippen LogP contribution >= 0.6 is 0 Å². The summed E-state index contributed by atoms with van der Waals surface area (Å²) in [6.07, 6.45) is 1.85. The molecule has 332 valence electrons. The quantitative estimate of drug-likeness (QED) is 0.154. The minimum Gasteiger partial charge on any atom is -0.507 e. The van der Waals surface area contributed by atoms with Crippen LogP contribution in [0.25, 0.3) is 95.0 Å². The Kier molecular flexibility index (Phi) is 11.3. The van der Waals surface area contributed by atoms with Crippen LogP contribution in [0, 0.1) is 33.7 Å². The van der Waals surface area contributed by atoms with Crippen molar-refractivity contribution in [2.75, 3.05) is 0 Å².